The minimum absolute atomic E-state index is 0.122. The third kappa shape index (κ3) is 5.47. The Hall–Kier alpha value is -0.160. The molecule has 1 aliphatic rings. The van der Waals surface area contributed by atoms with E-state index in [2.05, 4.69) is 4.90 Å². The lowest BCUT2D eigenvalue weighted by Gasteiger charge is -2.31. The van der Waals surface area contributed by atoms with Gasteiger partial charge in [0, 0.05) is 19.7 Å². The minimum Gasteiger partial charge on any atom is -0.396 e. The number of rotatable bonds is 7. The summed E-state index contributed by atoms with van der Waals surface area (Å²) in [6, 6.07) is 0. The number of likely N-dealkylation sites (tertiary alicyclic amines) is 1. The minimum atomic E-state index is 0.122. The van der Waals surface area contributed by atoms with E-state index in [9.17, 15) is 0 Å². The number of aliphatic hydroxyl groups is 2. The van der Waals surface area contributed by atoms with E-state index in [-0.39, 0.29) is 6.61 Å². The third-order valence-electron chi connectivity index (χ3n) is 2.86. The largest absolute Gasteiger partial charge is 0.396 e. The zero-order valence-corrected chi connectivity index (χ0v) is 9.40. The monoisotopic (exact) mass is 217 g/mol. The lowest BCUT2D eigenvalue weighted by molar-refractivity contribution is -0.00799. The first-order valence-electron chi connectivity index (χ1n) is 5.92. The second-order valence-electron chi connectivity index (χ2n) is 4.07. The van der Waals surface area contributed by atoms with Crippen LogP contribution in [0.25, 0.3) is 0 Å². The molecule has 0 aromatic heterocycles. The van der Waals surface area contributed by atoms with Crippen LogP contribution in [0.5, 0.6) is 0 Å². The van der Waals surface area contributed by atoms with Gasteiger partial charge >= 0.3 is 0 Å². The Morgan fingerprint density at radius 2 is 1.80 bits per heavy atom. The molecular weight excluding hydrogens is 194 g/mol. The van der Waals surface area contributed by atoms with Gasteiger partial charge in [-0.2, -0.15) is 0 Å². The fraction of sp³-hybridized carbons (Fsp3) is 1.00. The molecular formula is C11H23NO3. The summed E-state index contributed by atoms with van der Waals surface area (Å²) in [6.45, 7) is 4.15. The quantitative estimate of drug-likeness (QED) is 0.600. The van der Waals surface area contributed by atoms with Gasteiger partial charge in [-0.1, -0.05) is 0 Å². The Morgan fingerprint density at radius 1 is 1.07 bits per heavy atom. The normalized spacial score (nSPS) is 19.6. The second kappa shape index (κ2) is 8.05. The summed E-state index contributed by atoms with van der Waals surface area (Å²) in [7, 11) is 0. The van der Waals surface area contributed by atoms with Crippen molar-refractivity contribution < 1.29 is 14.9 Å². The van der Waals surface area contributed by atoms with Crippen LogP contribution in [0.2, 0.25) is 0 Å². The Bertz CT molecular complexity index is 147. The van der Waals surface area contributed by atoms with Crippen LogP contribution >= 0.6 is 0 Å². The van der Waals surface area contributed by atoms with Gasteiger partial charge in [0.15, 0.2) is 0 Å². The highest BCUT2D eigenvalue weighted by Gasteiger charge is 2.18. The lowest BCUT2D eigenvalue weighted by atomic mass is 10.1. The first-order chi connectivity index (χ1) is 7.36. The second-order valence-corrected chi connectivity index (χ2v) is 4.07. The molecule has 90 valence electrons. The maximum atomic E-state index is 8.67. The molecule has 1 fully saturated rings. The standard InChI is InChI=1S/C11H23NO3/c13-8-2-1-5-12-6-3-11(4-7-12)15-10-9-14/h11,13-14H,1-10H2. The molecule has 0 aliphatic carbocycles. The molecule has 0 amide bonds. The van der Waals surface area contributed by atoms with Crippen molar-refractivity contribution >= 4 is 0 Å². The van der Waals surface area contributed by atoms with Crippen molar-refractivity contribution in [1.29, 1.82) is 0 Å². The summed E-state index contributed by atoms with van der Waals surface area (Å²) in [4.78, 5) is 2.43. The van der Waals surface area contributed by atoms with Crippen molar-refractivity contribution in [2.75, 3.05) is 39.5 Å². The van der Waals surface area contributed by atoms with E-state index in [1.807, 2.05) is 0 Å². The molecule has 1 rings (SSSR count). The number of hydrogen-bond donors (Lipinski definition) is 2. The van der Waals surface area contributed by atoms with Crippen LogP contribution in [-0.2, 0) is 4.74 Å². The number of piperidine rings is 1. The van der Waals surface area contributed by atoms with Crippen molar-refractivity contribution in [2.45, 2.75) is 31.8 Å². The summed E-state index contributed by atoms with van der Waals surface area (Å²) in [5, 5.41) is 17.3. The number of aliphatic hydroxyl groups excluding tert-OH is 2. The molecule has 0 saturated carbocycles. The molecule has 1 aliphatic heterocycles. The van der Waals surface area contributed by atoms with E-state index in [4.69, 9.17) is 14.9 Å². The summed E-state index contributed by atoms with van der Waals surface area (Å²) >= 11 is 0. The highest BCUT2D eigenvalue weighted by atomic mass is 16.5. The van der Waals surface area contributed by atoms with E-state index in [0.717, 1.165) is 45.3 Å². The molecule has 0 bridgehead atoms. The average Bonchev–Trinajstić information content (AvgIpc) is 2.28. The first kappa shape index (κ1) is 12.9. The molecule has 2 N–H and O–H groups in total. The van der Waals surface area contributed by atoms with Crippen molar-refractivity contribution in [3.05, 3.63) is 0 Å². The molecule has 0 atom stereocenters. The van der Waals surface area contributed by atoms with Crippen molar-refractivity contribution in [3.8, 4) is 0 Å². The van der Waals surface area contributed by atoms with Crippen LogP contribution in [-0.4, -0.2) is 60.7 Å². The van der Waals surface area contributed by atoms with E-state index in [0.29, 0.717) is 19.3 Å². The first-order valence-corrected chi connectivity index (χ1v) is 5.92. The Labute approximate surface area is 91.8 Å². The molecule has 0 aromatic rings. The van der Waals surface area contributed by atoms with E-state index < -0.39 is 0 Å². The van der Waals surface area contributed by atoms with Gasteiger partial charge in [0.25, 0.3) is 0 Å². The Morgan fingerprint density at radius 3 is 2.40 bits per heavy atom. The molecule has 1 saturated heterocycles. The highest BCUT2D eigenvalue weighted by Crippen LogP contribution is 2.13. The Kier molecular flexibility index (Phi) is 6.92. The summed E-state index contributed by atoms with van der Waals surface area (Å²) in [6.07, 6.45) is 4.46. The van der Waals surface area contributed by atoms with Crippen molar-refractivity contribution in [2.24, 2.45) is 0 Å². The molecule has 0 radical (unpaired) electrons. The Balaban J connectivity index is 2.02. The fourth-order valence-electron chi connectivity index (χ4n) is 1.97. The number of ether oxygens (including phenoxy) is 1. The highest BCUT2D eigenvalue weighted by molar-refractivity contribution is 4.72. The third-order valence-corrected chi connectivity index (χ3v) is 2.86. The fourth-order valence-corrected chi connectivity index (χ4v) is 1.97. The summed E-state index contributed by atoms with van der Waals surface area (Å²) < 4.78 is 5.49. The van der Waals surface area contributed by atoms with Gasteiger partial charge in [0.2, 0.25) is 0 Å². The van der Waals surface area contributed by atoms with Crippen LogP contribution in [0.3, 0.4) is 0 Å². The van der Waals surface area contributed by atoms with E-state index >= 15 is 0 Å². The lowest BCUT2D eigenvalue weighted by Crippen LogP contribution is -2.37. The van der Waals surface area contributed by atoms with E-state index in [1.165, 1.54) is 0 Å². The van der Waals surface area contributed by atoms with Crippen LogP contribution in [0.4, 0.5) is 0 Å². The number of nitrogens with zero attached hydrogens (tertiary/aromatic N) is 1. The SMILES string of the molecule is OCCCCN1CCC(OCCO)CC1. The van der Waals surface area contributed by atoms with Gasteiger partial charge < -0.3 is 19.8 Å². The van der Waals surface area contributed by atoms with Gasteiger partial charge in [0.1, 0.15) is 0 Å². The van der Waals surface area contributed by atoms with Crippen LogP contribution in [0.15, 0.2) is 0 Å². The molecule has 1 heterocycles. The molecule has 4 nitrogen and oxygen atoms in total. The van der Waals surface area contributed by atoms with Gasteiger partial charge in [-0.15, -0.1) is 0 Å². The van der Waals surface area contributed by atoms with Crippen LogP contribution in [0, 0.1) is 0 Å². The predicted molar refractivity (Wildman–Crippen MR) is 58.8 cm³/mol. The molecule has 0 aromatic carbocycles. The topological polar surface area (TPSA) is 52.9 Å². The smallest absolute Gasteiger partial charge is 0.0701 e. The zero-order valence-electron chi connectivity index (χ0n) is 9.40. The maximum Gasteiger partial charge on any atom is 0.0701 e. The average molecular weight is 217 g/mol. The van der Waals surface area contributed by atoms with Gasteiger partial charge in [-0.05, 0) is 32.2 Å². The predicted octanol–water partition coefficient (Wildman–Crippen LogP) is 0.232. The van der Waals surface area contributed by atoms with Crippen LogP contribution < -0.4 is 0 Å². The van der Waals surface area contributed by atoms with Gasteiger partial charge in [-0.3, -0.25) is 0 Å². The number of hydrogen-bond acceptors (Lipinski definition) is 4. The summed E-state index contributed by atoms with van der Waals surface area (Å²) in [5.74, 6) is 0. The van der Waals surface area contributed by atoms with Crippen molar-refractivity contribution in [3.63, 3.8) is 0 Å². The zero-order chi connectivity index (χ0) is 10.9. The van der Waals surface area contributed by atoms with Crippen LogP contribution in [0.1, 0.15) is 25.7 Å². The molecule has 15 heavy (non-hydrogen) atoms. The molecule has 4 heteroatoms. The summed E-state index contributed by atoms with van der Waals surface area (Å²) in [5.41, 5.74) is 0. The number of unbranched alkanes of at least 4 members (excludes halogenated alkanes) is 1. The maximum absolute atomic E-state index is 8.67. The van der Waals surface area contributed by atoms with E-state index in [1.54, 1.807) is 0 Å². The molecule has 0 unspecified atom stereocenters. The van der Waals surface area contributed by atoms with Gasteiger partial charge in [0.05, 0.1) is 19.3 Å². The van der Waals surface area contributed by atoms with Gasteiger partial charge in [-0.25, -0.2) is 0 Å². The molecule has 0 spiro atoms. The van der Waals surface area contributed by atoms with Crippen molar-refractivity contribution in [1.82, 2.24) is 4.90 Å².